The number of amides is 1. The predicted molar refractivity (Wildman–Crippen MR) is 111 cm³/mol. The van der Waals surface area contributed by atoms with Gasteiger partial charge in [-0.15, -0.1) is 0 Å². The molecule has 2 aliphatic heterocycles. The molecule has 1 aromatic carbocycles. The number of carbonyl (C=O) groups is 1. The summed E-state index contributed by atoms with van der Waals surface area (Å²) in [5.41, 5.74) is 1.87. The quantitative estimate of drug-likeness (QED) is 0.695. The predicted octanol–water partition coefficient (Wildman–Crippen LogP) is 2.71. The molecule has 6 nitrogen and oxygen atoms in total. The van der Waals surface area contributed by atoms with Crippen molar-refractivity contribution in [3.8, 4) is 0 Å². The molecule has 162 valence electrons. The minimum absolute atomic E-state index is 0.0563. The van der Waals surface area contributed by atoms with Crippen molar-refractivity contribution in [2.24, 2.45) is 0 Å². The van der Waals surface area contributed by atoms with E-state index in [4.69, 9.17) is 12.2 Å². The summed E-state index contributed by atoms with van der Waals surface area (Å²) < 4.78 is 54.2. The molecule has 10 heteroatoms. The van der Waals surface area contributed by atoms with Gasteiger partial charge in [-0.2, -0.15) is 0 Å². The standard InChI is InChI=1S/C20H23F2N3O3S2/c1-11-2-3-14(21)18(19(11)22)12-8-16-15(24-20(29)25(16)10-12)9-17(26)23-13-4-6-30(27,28)7-5-13/h2-3,12-13H,4-10H2,1H3,(H,23,26)(H,24,29)/t12-/m0/s1. The molecule has 1 atom stereocenters. The number of fused-ring (bicyclic) bond motifs is 1. The van der Waals surface area contributed by atoms with Crippen molar-refractivity contribution in [3.63, 3.8) is 0 Å². The fourth-order valence-electron chi connectivity index (χ4n) is 4.36. The molecule has 1 amide bonds. The molecule has 0 saturated carbocycles. The van der Waals surface area contributed by atoms with Gasteiger partial charge in [-0.1, -0.05) is 6.07 Å². The van der Waals surface area contributed by atoms with Crippen molar-refractivity contribution in [2.45, 2.75) is 51.1 Å². The first-order chi connectivity index (χ1) is 14.1. The average Bonchev–Trinajstić information content (AvgIpc) is 3.22. The smallest absolute Gasteiger partial charge is 0.226 e. The number of carbonyl (C=O) groups excluding carboxylic acids is 1. The normalized spacial score (nSPS) is 20.8. The molecule has 2 aromatic rings. The van der Waals surface area contributed by atoms with Gasteiger partial charge in [-0.3, -0.25) is 4.79 Å². The van der Waals surface area contributed by atoms with E-state index in [1.165, 1.54) is 12.1 Å². The lowest BCUT2D eigenvalue weighted by Crippen LogP contribution is -2.41. The summed E-state index contributed by atoms with van der Waals surface area (Å²) in [4.78, 5) is 15.6. The van der Waals surface area contributed by atoms with E-state index in [1.807, 2.05) is 0 Å². The van der Waals surface area contributed by atoms with Gasteiger partial charge in [0.25, 0.3) is 0 Å². The van der Waals surface area contributed by atoms with Crippen LogP contribution in [0, 0.1) is 23.3 Å². The van der Waals surface area contributed by atoms with Crippen molar-refractivity contribution < 1.29 is 22.0 Å². The summed E-state index contributed by atoms with van der Waals surface area (Å²) in [5, 5.41) is 2.89. The Morgan fingerprint density at radius 3 is 2.70 bits per heavy atom. The zero-order valence-corrected chi connectivity index (χ0v) is 18.1. The Morgan fingerprint density at radius 2 is 2.00 bits per heavy atom. The highest BCUT2D eigenvalue weighted by molar-refractivity contribution is 7.91. The zero-order chi connectivity index (χ0) is 21.6. The Balaban J connectivity index is 1.48. The van der Waals surface area contributed by atoms with Crippen LogP contribution in [0.2, 0.25) is 0 Å². The Bertz CT molecular complexity index is 1160. The number of imidazole rings is 1. The number of aromatic nitrogens is 2. The molecule has 1 saturated heterocycles. The lowest BCUT2D eigenvalue weighted by atomic mass is 9.93. The summed E-state index contributed by atoms with van der Waals surface area (Å²) in [6, 6.07) is 2.53. The van der Waals surface area contributed by atoms with Crippen molar-refractivity contribution >= 4 is 28.0 Å². The molecular formula is C20H23F2N3O3S2. The van der Waals surface area contributed by atoms with Crippen LogP contribution in [-0.4, -0.2) is 41.4 Å². The second-order valence-electron chi connectivity index (χ2n) is 8.13. The Hall–Kier alpha value is -2.07. The van der Waals surface area contributed by atoms with Crippen LogP contribution >= 0.6 is 12.2 Å². The number of nitrogens with one attached hydrogen (secondary N) is 2. The van der Waals surface area contributed by atoms with Crippen LogP contribution in [0.5, 0.6) is 0 Å². The van der Waals surface area contributed by atoms with Gasteiger partial charge >= 0.3 is 0 Å². The molecule has 0 radical (unpaired) electrons. The molecule has 0 aliphatic carbocycles. The van der Waals surface area contributed by atoms with Crippen LogP contribution in [-0.2, 0) is 34.0 Å². The van der Waals surface area contributed by atoms with Crippen molar-refractivity contribution in [3.05, 3.63) is 51.1 Å². The van der Waals surface area contributed by atoms with E-state index >= 15 is 0 Å². The van der Waals surface area contributed by atoms with Gasteiger partial charge < -0.3 is 14.9 Å². The van der Waals surface area contributed by atoms with E-state index in [-0.39, 0.29) is 41.4 Å². The van der Waals surface area contributed by atoms with E-state index in [9.17, 15) is 22.0 Å². The summed E-state index contributed by atoms with van der Waals surface area (Å²) in [5.74, 6) is -1.56. The largest absolute Gasteiger partial charge is 0.353 e. The Morgan fingerprint density at radius 1 is 1.30 bits per heavy atom. The van der Waals surface area contributed by atoms with E-state index in [0.29, 0.717) is 41.8 Å². The molecule has 30 heavy (non-hydrogen) atoms. The molecule has 0 spiro atoms. The van der Waals surface area contributed by atoms with E-state index in [1.54, 1.807) is 11.5 Å². The van der Waals surface area contributed by atoms with Crippen LogP contribution in [0.15, 0.2) is 12.1 Å². The minimum atomic E-state index is -2.99. The first-order valence-corrected chi connectivity index (χ1v) is 12.1. The molecule has 2 aliphatic rings. The number of hydrogen-bond acceptors (Lipinski definition) is 4. The van der Waals surface area contributed by atoms with Crippen LogP contribution in [0.25, 0.3) is 0 Å². The van der Waals surface area contributed by atoms with Crippen LogP contribution in [0.3, 0.4) is 0 Å². The van der Waals surface area contributed by atoms with Gasteiger partial charge in [0.2, 0.25) is 5.91 Å². The lowest BCUT2D eigenvalue weighted by Gasteiger charge is -2.23. The number of nitrogens with zero attached hydrogens (tertiary/aromatic N) is 1. The number of halogens is 2. The fourth-order valence-corrected chi connectivity index (χ4v) is 6.16. The topological polar surface area (TPSA) is 84.0 Å². The Labute approximate surface area is 178 Å². The summed E-state index contributed by atoms with van der Waals surface area (Å²) in [6.45, 7) is 1.95. The van der Waals surface area contributed by atoms with E-state index in [2.05, 4.69) is 10.3 Å². The number of aromatic amines is 1. The fraction of sp³-hybridized carbons (Fsp3) is 0.500. The van der Waals surface area contributed by atoms with Gasteiger partial charge in [-0.05, 0) is 50.0 Å². The number of H-pyrrole nitrogens is 1. The maximum Gasteiger partial charge on any atom is 0.226 e. The Kier molecular flexibility index (Phi) is 5.56. The van der Waals surface area contributed by atoms with Crippen molar-refractivity contribution in [2.75, 3.05) is 11.5 Å². The summed E-state index contributed by atoms with van der Waals surface area (Å²) in [7, 11) is -2.99. The SMILES string of the molecule is Cc1ccc(F)c([C@H]2Cc3c(CC(=O)NC4CCS(=O)(=O)CC4)[nH]c(=S)n3C2)c1F. The highest BCUT2D eigenvalue weighted by Crippen LogP contribution is 2.35. The second-order valence-corrected chi connectivity index (χ2v) is 10.8. The molecule has 4 rings (SSSR count). The van der Waals surface area contributed by atoms with Crippen molar-refractivity contribution in [1.82, 2.24) is 14.9 Å². The number of sulfone groups is 1. The molecule has 2 N–H and O–H groups in total. The number of benzene rings is 1. The van der Waals surface area contributed by atoms with Gasteiger partial charge in [0.1, 0.15) is 21.5 Å². The first kappa shape index (κ1) is 21.2. The molecular weight excluding hydrogens is 432 g/mol. The lowest BCUT2D eigenvalue weighted by molar-refractivity contribution is -0.121. The van der Waals surface area contributed by atoms with Gasteiger partial charge in [0.15, 0.2) is 4.77 Å². The highest BCUT2D eigenvalue weighted by Gasteiger charge is 2.32. The third kappa shape index (κ3) is 4.07. The molecule has 0 unspecified atom stereocenters. The van der Waals surface area contributed by atoms with Gasteiger partial charge in [0, 0.05) is 35.5 Å². The van der Waals surface area contributed by atoms with E-state index in [0.717, 1.165) is 5.69 Å². The number of rotatable bonds is 4. The maximum absolute atomic E-state index is 14.6. The number of aryl methyl sites for hydroxylation is 1. The molecule has 3 heterocycles. The second kappa shape index (κ2) is 7.88. The maximum atomic E-state index is 14.6. The summed E-state index contributed by atoms with van der Waals surface area (Å²) >= 11 is 5.35. The van der Waals surface area contributed by atoms with Crippen molar-refractivity contribution in [1.29, 1.82) is 0 Å². The van der Waals surface area contributed by atoms with Crippen LogP contribution in [0.1, 0.15) is 41.3 Å². The molecule has 1 aromatic heterocycles. The molecule has 0 bridgehead atoms. The molecule has 1 fully saturated rings. The zero-order valence-electron chi connectivity index (χ0n) is 16.5. The minimum Gasteiger partial charge on any atom is -0.353 e. The van der Waals surface area contributed by atoms with E-state index < -0.39 is 21.5 Å². The number of hydrogen-bond donors (Lipinski definition) is 2. The van der Waals surface area contributed by atoms with Gasteiger partial charge in [-0.25, -0.2) is 17.2 Å². The average molecular weight is 456 g/mol. The third-order valence-corrected chi connectivity index (χ3v) is 8.04. The van der Waals surface area contributed by atoms with Crippen LogP contribution < -0.4 is 5.32 Å². The summed E-state index contributed by atoms with van der Waals surface area (Å²) in [6.07, 6.45) is 1.26. The first-order valence-electron chi connectivity index (χ1n) is 9.89. The highest BCUT2D eigenvalue weighted by atomic mass is 32.2. The third-order valence-electron chi connectivity index (χ3n) is 6.00. The van der Waals surface area contributed by atoms with Gasteiger partial charge in [0.05, 0.1) is 17.9 Å². The van der Waals surface area contributed by atoms with Crippen LogP contribution in [0.4, 0.5) is 8.78 Å². The monoisotopic (exact) mass is 455 g/mol.